The highest BCUT2D eigenvalue weighted by atomic mass is 79.9. The third kappa shape index (κ3) is 4.09. The van der Waals surface area contributed by atoms with E-state index in [0.717, 1.165) is 4.68 Å². The molecule has 0 aliphatic rings. The maximum Gasteiger partial charge on any atom is 0.325 e. The zero-order chi connectivity index (χ0) is 15.4. The number of carbonyl (C=O) groups excluding carboxylic acids is 1. The van der Waals surface area contributed by atoms with Gasteiger partial charge in [0.05, 0.1) is 18.3 Å². The third-order valence-electron chi connectivity index (χ3n) is 2.49. The molecule has 2 N–H and O–H groups in total. The molecule has 0 radical (unpaired) electrons. The van der Waals surface area contributed by atoms with Crippen molar-refractivity contribution in [1.29, 1.82) is 0 Å². The van der Waals surface area contributed by atoms with Gasteiger partial charge in [-0.2, -0.15) is 0 Å². The van der Waals surface area contributed by atoms with Crippen LogP contribution in [0.25, 0.3) is 0 Å². The summed E-state index contributed by atoms with van der Waals surface area (Å²) in [6, 6.07) is 3.73. The van der Waals surface area contributed by atoms with Gasteiger partial charge in [-0.05, 0) is 34.1 Å². The van der Waals surface area contributed by atoms with Crippen molar-refractivity contribution in [2.75, 3.05) is 0 Å². The molecule has 1 heterocycles. The maximum absolute atomic E-state index is 12.9. The van der Waals surface area contributed by atoms with Crippen molar-refractivity contribution in [3.8, 4) is 0 Å². The zero-order valence-electron chi connectivity index (χ0n) is 10.6. The van der Waals surface area contributed by atoms with Gasteiger partial charge in [-0.1, -0.05) is 5.21 Å². The highest BCUT2D eigenvalue weighted by molar-refractivity contribution is 9.10. The summed E-state index contributed by atoms with van der Waals surface area (Å²) in [6.45, 7) is -0.216. The van der Waals surface area contributed by atoms with E-state index in [1.54, 1.807) is 0 Å². The van der Waals surface area contributed by atoms with Crippen LogP contribution in [0.2, 0.25) is 0 Å². The van der Waals surface area contributed by atoms with Gasteiger partial charge in [-0.25, -0.2) is 9.07 Å². The van der Waals surface area contributed by atoms with Gasteiger partial charge in [-0.15, -0.1) is 5.10 Å². The summed E-state index contributed by atoms with van der Waals surface area (Å²) in [5.74, 6) is -1.89. The molecule has 2 rings (SSSR count). The normalized spacial score (nSPS) is 10.4. The first-order chi connectivity index (χ1) is 9.95. The molecule has 0 atom stereocenters. The van der Waals surface area contributed by atoms with Crippen molar-refractivity contribution in [2.24, 2.45) is 0 Å². The van der Waals surface area contributed by atoms with Gasteiger partial charge in [0.2, 0.25) is 0 Å². The summed E-state index contributed by atoms with van der Waals surface area (Å²) in [4.78, 5) is 22.4. The van der Waals surface area contributed by atoms with Crippen LogP contribution >= 0.6 is 15.9 Å². The fraction of sp³-hybridized carbons (Fsp3) is 0.167. The molecule has 0 unspecified atom stereocenters. The van der Waals surface area contributed by atoms with E-state index in [1.165, 1.54) is 24.4 Å². The molecule has 7 nitrogen and oxygen atoms in total. The Bertz CT molecular complexity index is 689. The standard InChI is InChI=1S/C12H10BrFN4O3/c13-10-3-7(14)1-2-9(10)12(21)15-4-8-5-18(17-16-8)6-11(19)20/h1-3,5H,4,6H2,(H,15,21)(H,19,20). The Morgan fingerprint density at radius 3 is 2.86 bits per heavy atom. The molecule has 0 saturated heterocycles. The minimum Gasteiger partial charge on any atom is -0.480 e. The van der Waals surface area contributed by atoms with E-state index in [-0.39, 0.29) is 18.7 Å². The van der Waals surface area contributed by atoms with Gasteiger partial charge < -0.3 is 10.4 Å². The lowest BCUT2D eigenvalue weighted by molar-refractivity contribution is -0.137. The van der Waals surface area contributed by atoms with Crippen LogP contribution in [0.4, 0.5) is 4.39 Å². The summed E-state index contributed by atoms with van der Waals surface area (Å²) in [7, 11) is 0. The van der Waals surface area contributed by atoms with E-state index in [0.29, 0.717) is 10.2 Å². The number of rotatable bonds is 5. The molecule has 0 saturated carbocycles. The molecular formula is C12H10BrFN4O3. The van der Waals surface area contributed by atoms with Crippen molar-refractivity contribution in [3.05, 3.63) is 45.9 Å². The van der Waals surface area contributed by atoms with Gasteiger partial charge >= 0.3 is 5.97 Å². The molecule has 1 aromatic heterocycles. The fourth-order valence-corrected chi connectivity index (χ4v) is 2.11. The van der Waals surface area contributed by atoms with Crippen LogP contribution in [0.1, 0.15) is 16.1 Å². The number of aromatic nitrogens is 3. The maximum atomic E-state index is 12.9. The zero-order valence-corrected chi connectivity index (χ0v) is 12.2. The Kier molecular flexibility index (Phi) is 4.63. The molecule has 0 fully saturated rings. The van der Waals surface area contributed by atoms with Gasteiger partial charge in [0.1, 0.15) is 18.1 Å². The van der Waals surface area contributed by atoms with Crippen molar-refractivity contribution in [3.63, 3.8) is 0 Å². The van der Waals surface area contributed by atoms with E-state index >= 15 is 0 Å². The predicted molar refractivity (Wildman–Crippen MR) is 72.9 cm³/mol. The summed E-state index contributed by atoms with van der Waals surface area (Å²) in [5, 5.41) is 18.5. The molecule has 1 aromatic carbocycles. The van der Waals surface area contributed by atoms with Crippen LogP contribution < -0.4 is 5.32 Å². The summed E-state index contributed by atoms with van der Waals surface area (Å²) < 4.78 is 14.4. The molecule has 9 heteroatoms. The lowest BCUT2D eigenvalue weighted by atomic mass is 10.2. The average molecular weight is 357 g/mol. The largest absolute Gasteiger partial charge is 0.480 e. The smallest absolute Gasteiger partial charge is 0.325 e. The molecule has 0 bridgehead atoms. The topological polar surface area (TPSA) is 97.1 Å². The number of amides is 1. The van der Waals surface area contributed by atoms with E-state index < -0.39 is 17.7 Å². The van der Waals surface area contributed by atoms with E-state index in [1.807, 2.05) is 0 Å². The van der Waals surface area contributed by atoms with E-state index in [4.69, 9.17) is 5.11 Å². The average Bonchev–Trinajstić information content (AvgIpc) is 2.82. The second-order valence-corrected chi connectivity index (χ2v) is 4.96. The van der Waals surface area contributed by atoms with Crippen LogP contribution in [0.5, 0.6) is 0 Å². The number of aliphatic carboxylic acids is 1. The Morgan fingerprint density at radius 1 is 1.43 bits per heavy atom. The summed E-state index contributed by atoms with van der Waals surface area (Å²) in [5.41, 5.74) is 0.706. The highest BCUT2D eigenvalue weighted by Crippen LogP contribution is 2.17. The number of nitrogens with one attached hydrogen (secondary N) is 1. The second kappa shape index (κ2) is 6.44. The van der Waals surface area contributed by atoms with Crippen LogP contribution in [0, 0.1) is 5.82 Å². The summed E-state index contributed by atoms with van der Waals surface area (Å²) in [6.07, 6.45) is 1.42. The number of carboxylic acid groups (broad SMARTS) is 1. The Labute approximate surface area is 126 Å². The quantitative estimate of drug-likeness (QED) is 0.838. The highest BCUT2D eigenvalue weighted by Gasteiger charge is 2.11. The molecule has 0 aliphatic carbocycles. The van der Waals surface area contributed by atoms with Crippen molar-refractivity contribution < 1.29 is 19.1 Å². The lowest BCUT2D eigenvalue weighted by Crippen LogP contribution is -2.23. The monoisotopic (exact) mass is 356 g/mol. The number of hydrogen-bond acceptors (Lipinski definition) is 4. The molecular weight excluding hydrogens is 347 g/mol. The second-order valence-electron chi connectivity index (χ2n) is 4.11. The first-order valence-corrected chi connectivity index (χ1v) is 6.59. The lowest BCUT2D eigenvalue weighted by Gasteiger charge is -2.05. The summed E-state index contributed by atoms with van der Waals surface area (Å²) >= 11 is 3.11. The Morgan fingerprint density at radius 2 is 2.19 bits per heavy atom. The predicted octanol–water partition coefficient (Wildman–Crippen LogP) is 1.19. The van der Waals surface area contributed by atoms with E-state index in [9.17, 15) is 14.0 Å². The van der Waals surface area contributed by atoms with Crippen molar-refractivity contribution in [1.82, 2.24) is 20.3 Å². The first-order valence-electron chi connectivity index (χ1n) is 5.80. The number of halogens is 2. The molecule has 1 amide bonds. The van der Waals surface area contributed by atoms with Crippen LogP contribution in [-0.4, -0.2) is 32.0 Å². The third-order valence-corrected chi connectivity index (χ3v) is 3.15. The number of carboxylic acids is 1. The molecule has 2 aromatic rings. The van der Waals surface area contributed by atoms with Crippen LogP contribution in [0.3, 0.4) is 0 Å². The van der Waals surface area contributed by atoms with Crippen molar-refractivity contribution in [2.45, 2.75) is 13.1 Å². The molecule has 0 spiro atoms. The number of hydrogen-bond donors (Lipinski definition) is 2. The van der Waals surface area contributed by atoms with Crippen LogP contribution in [0.15, 0.2) is 28.9 Å². The molecule has 0 aliphatic heterocycles. The number of carbonyl (C=O) groups is 2. The molecule has 21 heavy (non-hydrogen) atoms. The van der Waals surface area contributed by atoms with Crippen LogP contribution in [-0.2, 0) is 17.9 Å². The number of nitrogens with zero attached hydrogens (tertiary/aromatic N) is 3. The first kappa shape index (κ1) is 15.1. The van der Waals surface area contributed by atoms with Gasteiger partial charge in [-0.3, -0.25) is 9.59 Å². The Balaban J connectivity index is 1.97. The number of benzene rings is 1. The Hall–Kier alpha value is -2.29. The van der Waals surface area contributed by atoms with E-state index in [2.05, 4.69) is 31.6 Å². The minimum absolute atomic E-state index is 0.0856. The van der Waals surface area contributed by atoms with Gasteiger partial charge in [0.25, 0.3) is 5.91 Å². The minimum atomic E-state index is -1.04. The van der Waals surface area contributed by atoms with Gasteiger partial charge in [0, 0.05) is 4.47 Å². The molecule has 110 valence electrons. The van der Waals surface area contributed by atoms with Gasteiger partial charge in [0.15, 0.2) is 0 Å². The fourth-order valence-electron chi connectivity index (χ4n) is 1.58. The van der Waals surface area contributed by atoms with Crippen molar-refractivity contribution >= 4 is 27.8 Å². The SMILES string of the molecule is O=C(O)Cn1cc(CNC(=O)c2ccc(F)cc2Br)nn1.